The number of hydrogen-bond acceptors (Lipinski definition) is 10. The van der Waals surface area contributed by atoms with Crippen molar-refractivity contribution in [3.63, 3.8) is 0 Å². The molecule has 2 fully saturated rings. The minimum absolute atomic E-state index is 0.235. The fourth-order valence-electron chi connectivity index (χ4n) is 5.28. The number of benzene rings is 1. The van der Waals surface area contributed by atoms with E-state index < -0.39 is 0 Å². The summed E-state index contributed by atoms with van der Waals surface area (Å²) in [5, 5.41) is 4.11. The van der Waals surface area contributed by atoms with Crippen molar-refractivity contribution in [2.24, 2.45) is 0 Å². The average Bonchev–Trinajstić information content (AvgIpc) is 3.39. The molecule has 1 aromatic carbocycles. The monoisotopic (exact) mass is 546 g/mol. The number of rotatable bonds is 4. The number of nitrogen functional groups attached to an aromatic ring is 1. The molecule has 204 valence electrons. The quantitative estimate of drug-likeness (QED) is 0.468. The van der Waals surface area contributed by atoms with Crippen molar-refractivity contribution in [1.29, 1.82) is 0 Å². The number of anilines is 5. The van der Waals surface area contributed by atoms with Gasteiger partial charge in [0.2, 0.25) is 11.9 Å². The molecule has 6 rings (SSSR count). The molecule has 0 radical (unpaired) electrons. The van der Waals surface area contributed by atoms with Gasteiger partial charge in [-0.05, 0) is 56.4 Å². The normalized spacial score (nSPS) is 17.8. The largest absolute Gasteiger partial charge is 0.378 e. The van der Waals surface area contributed by atoms with E-state index in [-0.39, 0.29) is 5.95 Å². The van der Waals surface area contributed by atoms with Gasteiger partial charge in [-0.2, -0.15) is 4.98 Å². The molecule has 0 amide bonds. The molecule has 12 heteroatoms. The van der Waals surface area contributed by atoms with Gasteiger partial charge in [0.1, 0.15) is 5.82 Å². The van der Waals surface area contributed by atoms with Crippen LogP contribution in [0, 0.1) is 6.92 Å². The molecule has 0 spiro atoms. The summed E-state index contributed by atoms with van der Waals surface area (Å²) in [4.78, 5) is 27.4. The summed E-state index contributed by atoms with van der Waals surface area (Å²) in [6.45, 7) is 9.84. The van der Waals surface area contributed by atoms with Crippen LogP contribution < -0.4 is 25.8 Å². The molecule has 3 aromatic rings. The number of aromatic nitrogens is 4. The third-order valence-corrected chi connectivity index (χ3v) is 7.94. The maximum Gasteiger partial charge on any atom is 0.228 e. The maximum absolute atomic E-state index is 5.94. The Balaban J connectivity index is 1.27. The first kappa shape index (κ1) is 25.7. The van der Waals surface area contributed by atoms with Crippen molar-refractivity contribution < 1.29 is 4.74 Å². The van der Waals surface area contributed by atoms with Crippen LogP contribution in [0.25, 0.3) is 11.3 Å². The molecular weight excluding hydrogens is 512 g/mol. The van der Waals surface area contributed by atoms with E-state index in [1.165, 1.54) is 5.69 Å². The van der Waals surface area contributed by atoms with Crippen molar-refractivity contribution in [3.05, 3.63) is 41.7 Å². The Morgan fingerprint density at radius 1 is 0.974 bits per heavy atom. The van der Waals surface area contributed by atoms with Crippen LogP contribution in [0.2, 0.25) is 0 Å². The molecule has 0 atom stereocenters. The van der Waals surface area contributed by atoms with Gasteiger partial charge in [0.05, 0.1) is 18.9 Å². The first-order valence-electron chi connectivity index (χ1n) is 13.4. The van der Waals surface area contributed by atoms with Crippen molar-refractivity contribution >= 4 is 46.4 Å². The van der Waals surface area contributed by atoms with Gasteiger partial charge in [-0.15, -0.1) is 0 Å². The number of aryl methyl sites for hydroxylation is 1. The van der Waals surface area contributed by atoms with Crippen molar-refractivity contribution in [2.45, 2.75) is 13.3 Å². The van der Waals surface area contributed by atoms with Gasteiger partial charge in [0.15, 0.2) is 5.11 Å². The van der Waals surface area contributed by atoms with Gasteiger partial charge in [-0.25, -0.2) is 15.0 Å². The summed E-state index contributed by atoms with van der Waals surface area (Å²) in [6, 6.07) is 6.55. The molecule has 0 saturated carbocycles. The van der Waals surface area contributed by atoms with Gasteiger partial charge in [-0.1, -0.05) is 0 Å². The molecule has 3 aliphatic heterocycles. The molecule has 2 aromatic heterocycles. The van der Waals surface area contributed by atoms with Crippen LogP contribution in [-0.2, 0) is 11.2 Å². The minimum Gasteiger partial charge on any atom is -0.378 e. The Hall–Kier alpha value is -3.61. The molecular formula is C27H34N10OS. The number of thiocarbonyl (C=S) groups is 1. The van der Waals surface area contributed by atoms with E-state index in [1.807, 2.05) is 0 Å². The van der Waals surface area contributed by atoms with Crippen LogP contribution in [-0.4, -0.2) is 96.0 Å². The molecule has 39 heavy (non-hydrogen) atoms. The first-order valence-corrected chi connectivity index (χ1v) is 13.8. The first-order chi connectivity index (χ1) is 19.0. The highest BCUT2D eigenvalue weighted by atomic mass is 32.1. The Morgan fingerprint density at radius 2 is 1.72 bits per heavy atom. The van der Waals surface area contributed by atoms with Crippen LogP contribution in [0.15, 0.2) is 30.6 Å². The van der Waals surface area contributed by atoms with Crippen LogP contribution in [0.3, 0.4) is 0 Å². The maximum atomic E-state index is 5.94. The highest BCUT2D eigenvalue weighted by Gasteiger charge is 2.30. The lowest BCUT2D eigenvalue weighted by molar-refractivity contribution is 0.122. The second kappa shape index (κ2) is 10.9. The lowest BCUT2D eigenvalue weighted by Crippen LogP contribution is -2.44. The summed E-state index contributed by atoms with van der Waals surface area (Å²) < 4.78 is 5.55. The highest BCUT2D eigenvalue weighted by Crippen LogP contribution is 2.36. The van der Waals surface area contributed by atoms with Crippen LogP contribution in [0.1, 0.15) is 11.1 Å². The van der Waals surface area contributed by atoms with E-state index in [9.17, 15) is 0 Å². The predicted molar refractivity (Wildman–Crippen MR) is 159 cm³/mol. The topological polar surface area (TPSA) is 112 Å². The Labute approximate surface area is 234 Å². The Morgan fingerprint density at radius 3 is 2.44 bits per heavy atom. The van der Waals surface area contributed by atoms with Gasteiger partial charge >= 0.3 is 0 Å². The Kier molecular flexibility index (Phi) is 7.15. The second-order valence-electron chi connectivity index (χ2n) is 10.2. The Bertz CT molecular complexity index is 1350. The smallest absolute Gasteiger partial charge is 0.228 e. The number of morpholine rings is 1. The zero-order valence-electron chi connectivity index (χ0n) is 22.4. The number of likely N-dealkylation sites (N-methyl/N-ethyl adjacent to an activating group) is 1. The fraction of sp³-hybridized carbons (Fsp3) is 0.444. The van der Waals surface area contributed by atoms with Gasteiger partial charge < -0.3 is 35.4 Å². The number of ether oxygens (including phenoxy) is 1. The fourth-order valence-corrected chi connectivity index (χ4v) is 5.56. The van der Waals surface area contributed by atoms with E-state index in [0.717, 1.165) is 79.6 Å². The standard InChI is InChI=1S/C27H34N10OS/c1-18-15-20(35-9-7-34(2)8-10-35)3-4-22(18)31-27(39)37-6-5-21-23(19-16-29-25(28)30-17-19)32-26(33-24(21)37)36-11-13-38-14-12-36/h3-4,15-17H,5-14H2,1-2H3,(H,31,39)(H2,28,29,30). The summed E-state index contributed by atoms with van der Waals surface area (Å²) in [7, 11) is 2.17. The van der Waals surface area contributed by atoms with Crippen molar-refractivity contribution in [2.75, 3.05) is 91.8 Å². The number of nitrogens with two attached hydrogens (primary N) is 1. The second-order valence-corrected chi connectivity index (χ2v) is 10.6. The third-order valence-electron chi connectivity index (χ3n) is 7.62. The number of nitrogens with one attached hydrogen (secondary N) is 1. The summed E-state index contributed by atoms with van der Waals surface area (Å²) in [5.74, 6) is 1.72. The van der Waals surface area contributed by atoms with E-state index in [1.54, 1.807) is 12.4 Å². The van der Waals surface area contributed by atoms with Crippen molar-refractivity contribution in [1.82, 2.24) is 24.8 Å². The highest BCUT2D eigenvalue weighted by molar-refractivity contribution is 7.80. The summed E-state index contributed by atoms with van der Waals surface area (Å²) in [6.07, 6.45) is 4.21. The molecule has 0 bridgehead atoms. The predicted octanol–water partition coefficient (Wildman–Crippen LogP) is 2.17. The number of piperazine rings is 1. The third kappa shape index (κ3) is 5.32. The van der Waals surface area contributed by atoms with E-state index in [2.05, 4.69) is 67.1 Å². The summed E-state index contributed by atoms with van der Waals surface area (Å²) in [5.41, 5.74) is 11.8. The number of fused-ring (bicyclic) bond motifs is 1. The van der Waals surface area contributed by atoms with Crippen LogP contribution in [0.4, 0.5) is 29.1 Å². The minimum atomic E-state index is 0.235. The van der Waals surface area contributed by atoms with Crippen molar-refractivity contribution in [3.8, 4) is 11.3 Å². The average molecular weight is 547 g/mol. The van der Waals surface area contributed by atoms with Gasteiger partial charge in [0, 0.05) is 80.7 Å². The SMILES string of the molecule is Cc1cc(N2CCN(C)CC2)ccc1NC(=S)N1CCc2c(-c3cnc(N)nc3)nc(N3CCOCC3)nc21. The van der Waals surface area contributed by atoms with E-state index in [0.29, 0.717) is 30.8 Å². The number of hydrogen-bond donors (Lipinski definition) is 2. The molecule has 3 N–H and O–H groups in total. The summed E-state index contributed by atoms with van der Waals surface area (Å²) >= 11 is 5.94. The molecule has 0 unspecified atom stereocenters. The lowest BCUT2D eigenvalue weighted by Gasteiger charge is -2.34. The lowest BCUT2D eigenvalue weighted by atomic mass is 10.1. The molecule has 2 saturated heterocycles. The molecule has 3 aliphatic rings. The molecule has 0 aliphatic carbocycles. The van der Waals surface area contributed by atoms with Gasteiger partial charge in [0.25, 0.3) is 0 Å². The van der Waals surface area contributed by atoms with Crippen LogP contribution in [0.5, 0.6) is 0 Å². The number of nitrogens with zero attached hydrogens (tertiary/aromatic N) is 8. The van der Waals surface area contributed by atoms with Crippen LogP contribution >= 0.6 is 12.2 Å². The van der Waals surface area contributed by atoms with E-state index in [4.69, 9.17) is 32.7 Å². The zero-order chi connectivity index (χ0) is 26.9. The molecule has 5 heterocycles. The molecule has 11 nitrogen and oxygen atoms in total. The zero-order valence-corrected chi connectivity index (χ0v) is 23.2. The van der Waals surface area contributed by atoms with Gasteiger partial charge in [-0.3, -0.25) is 0 Å². The van der Waals surface area contributed by atoms with E-state index >= 15 is 0 Å².